The van der Waals surface area contributed by atoms with E-state index in [2.05, 4.69) is 5.32 Å². The van der Waals surface area contributed by atoms with Gasteiger partial charge in [0.25, 0.3) is 0 Å². The largest absolute Gasteiger partial charge is 0.357 e. The van der Waals surface area contributed by atoms with Crippen LogP contribution in [0, 0.1) is 11.8 Å². The molecule has 4 nitrogen and oxygen atoms in total. The maximum atomic E-state index is 12.0. The summed E-state index contributed by atoms with van der Waals surface area (Å²) in [5, 5.41) is 3.01. The van der Waals surface area contributed by atoms with Gasteiger partial charge in [0.05, 0.1) is 0 Å². The van der Waals surface area contributed by atoms with Gasteiger partial charge in [-0.3, -0.25) is 4.79 Å². The van der Waals surface area contributed by atoms with Gasteiger partial charge >= 0.3 is 0 Å². The number of nitrogens with zero attached hydrogens (tertiary/aromatic N) is 1. The second-order valence-corrected chi connectivity index (χ2v) is 4.94. The summed E-state index contributed by atoms with van der Waals surface area (Å²) in [6, 6.07) is 2.02. The monoisotopic (exact) mass is 235 g/mol. The normalized spacial score (nSPS) is 23.9. The smallest absolute Gasteiger partial charge is 0.223 e. The number of rotatable bonds is 4. The van der Waals surface area contributed by atoms with Crippen LogP contribution in [-0.2, 0) is 18.4 Å². The van der Waals surface area contributed by atoms with Crippen molar-refractivity contribution in [3.63, 3.8) is 0 Å². The first-order valence-corrected chi connectivity index (χ1v) is 6.29. The van der Waals surface area contributed by atoms with Gasteiger partial charge in [0.1, 0.15) is 0 Å². The summed E-state index contributed by atoms with van der Waals surface area (Å²) in [6.45, 7) is 1.25. The molecule has 4 heteroatoms. The van der Waals surface area contributed by atoms with Crippen molar-refractivity contribution in [2.24, 2.45) is 24.6 Å². The number of carbonyl (C=O) groups excluding carboxylic acids is 1. The fraction of sp³-hybridized carbons (Fsp3) is 0.615. The summed E-state index contributed by atoms with van der Waals surface area (Å²) in [4.78, 5) is 12.0. The van der Waals surface area contributed by atoms with Gasteiger partial charge in [-0.2, -0.15) is 0 Å². The highest BCUT2D eigenvalue weighted by Gasteiger charge is 2.31. The van der Waals surface area contributed by atoms with E-state index in [0.29, 0.717) is 19.0 Å². The minimum Gasteiger partial charge on any atom is -0.357 e. The van der Waals surface area contributed by atoms with Gasteiger partial charge in [0, 0.05) is 31.9 Å². The molecule has 0 bridgehead atoms. The number of hydrogen-bond acceptors (Lipinski definition) is 2. The molecule has 2 rings (SSSR count). The molecule has 2 unspecified atom stereocenters. The molecule has 2 atom stereocenters. The molecular weight excluding hydrogens is 214 g/mol. The van der Waals surface area contributed by atoms with Crippen LogP contribution in [0.15, 0.2) is 18.5 Å². The van der Waals surface area contributed by atoms with Gasteiger partial charge in [-0.1, -0.05) is 6.42 Å². The molecule has 1 saturated carbocycles. The predicted molar refractivity (Wildman–Crippen MR) is 67.1 cm³/mol. The minimum atomic E-state index is 0.128. The second-order valence-electron chi connectivity index (χ2n) is 4.94. The highest BCUT2D eigenvalue weighted by molar-refractivity contribution is 5.79. The number of aromatic nitrogens is 1. The standard InChI is InChI=1S/C13H21N3O/c1-16-6-5-10(9-16)8-15-13(17)12-4-2-3-11(12)7-14/h5-6,9,11-12H,2-4,7-8,14H2,1H3,(H,15,17). The van der Waals surface area contributed by atoms with Gasteiger partial charge < -0.3 is 15.6 Å². The molecule has 0 aromatic carbocycles. The molecule has 1 aromatic heterocycles. The van der Waals surface area contributed by atoms with Crippen LogP contribution in [0.1, 0.15) is 24.8 Å². The molecule has 3 N–H and O–H groups in total. The van der Waals surface area contributed by atoms with Crippen molar-refractivity contribution in [1.82, 2.24) is 9.88 Å². The third-order valence-electron chi connectivity index (χ3n) is 3.66. The van der Waals surface area contributed by atoms with Crippen molar-refractivity contribution < 1.29 is 4.79 Å². The van der Waals surface area contributed by atoms with Crippen molar-refractivity contribution in [2.45, 2.75) is 25.8 Å². The minimum absolute atomic E-state index is 0.128. The Bertz CT molecular complexity index is 386. The average Bonchev–Trinajstić information content (AvgIpc) is 2.94. The van der Waals surface area contributed by atoms with E-state index >= 15 is 0 Å². The Hall–Kier alpha value is -1.29. The molecule has 1 heterocycles. The molecule has 17 heavy (non-hydrogen) atoms. The van der Waals surface area contributed by atoms with E-state index in [0.717, 1.165) is 24.8 Å². The van der Waals surface area contributed by atoms with Gasteiger partial charge in [-0.05, 0) is 36.9 Å². The lowest BCUT2D eigenvalue weighted by Crippen LogP contribution is -2.34. The van der Waals surface area contributed by atoms with Crippen LogP contribution in [0.5, 0.6) is 0 Å². The second kappa shape index (κ2) is 5.36. The van der Waals surface area contributed by atoms with Crippen LogP contribution in [-0.4, -0.2) is 17.0 Å². The molecule has 1 aliphatic rings. The predicted octanol–water partition coefficient (Wildman–Crippen LogP) is 1.02. The van der Waals surface area contributed by atoms with Crippen LogP contribution in [0.25, 0.3) is 0 Å². The summed E-state index contributed by atoms with van der Waals surface area (Å²) < 4.78 is 1.99. The van der Waals surface area contributed by atoms with Crippen LogP contribution < -0.4 is 11.1 Å². The number of hydrogen-bond donors (Lipinski definition) is 2. The van der Waals surface area contributed by atoms with Gasteiger partial charge in [0.2, 0.25) is 5.91 Å². The van der Waals surface area contributed by atoms with Crippen molar-refractivity contribution in [1.29, 1.82) is 0 Å². The Kier molecular flexibility index (Phi) is 3.84. The van der Waals surface area contributed by atoms with Crippen LogP contribution in [0.2, 0.25) is 0 Å². The van der Waals surface area contributed by atoms with E-state index in [9.17, 15) is 4.79 Å². The zero-order chi connectivity index (χ0) is 12.3. The lowest BCUT2D eigenvalue weighted by atomic mass is 9.95. The third kappa shape index (κ3) is 2.88. The lowest BCUT2D eigenvalue weighted by molar-refractivity contribution is -0.126. The Balaban J connectivity index is 1.84. The SMILES string of the molecule is Cn1ccc(CNC(=O)C2CCCC2CN)c1. The van der Waals surface area contributed by atoms with Crippen molar-refractivity contribution in [3.05, 3.63) is 24.0 Å². The fourth-order valence-electron chi connectivity index (χ4n) is 2.65. The summed E-state index contributed by atoms with van der Waals surface area (Å²) in [6.07, 6.45) is 7.22. The Morgan fingerprint density at radius 3 is 3.06 bits per heavy atom. The highest BCUT2D eigenvalue weighted by Crippen LogP contribution is 2.30. The Morgan fingerprint density at radius 2 is 2.41 bits per heavy atom. The number of carbonyl (C=O) groups is 1. The quantitative estimate of drug-likeness (QED) is 0.818. The first kappa shape index (κ1) is 12.2. The van der Waals surface area contributed by atoms with E-state index in [1.807, 2.05) is 30.1 Å². The molecular formula is C13H21N3O. The highest BCUT2D eigenvalue weighted by atomic mass is 16.1. The summed E-state index contributed by atoms with van der Waals surface area (Å²) in [5.41, 5.74) is 6.83. The lowest BCUT2D eigenvalue weighted by Gasteiger charge is -2.17. The molecule has 0 aliphatic heterocycles. The average molecular weight is 235 g/mol. The van der Waals surface area contributed by atoms with E-state index in [1.165, 1.54) is 0 Å². The van der Waals surface area contributed by atoms with E-state index in [4.69, 9.17) is 5.73 Å². The number of aryl methyl sites for hydroxylation is 1. The Morgan fingerprint density at radius 1 is 1.59 bits per heavy atom. The Labute approximate surface area is 102 Å². The number of nitrogens with one attached hydrogen (secondary N) is 1. The summed E-state index contributed by atoms with van der Waals surface area (Å²) in [5.74, 6) is 0.677. The third-order valence-corrected chi connectivity index (χ3v) is 3.66. The molecule has 0 radical (unpaired) electrons. The first-order valence-electron chi connectivity index (χ1n) is 6.29. The molecule has 0 saturated heterocycles. The first-order chi connectivity index (χ1) is 8.20. The van der Waals surface area contributed by atoms with E-state index in [-0.39, 0.29) is 11.8 Å². The zero-order valence-electron chi connectivity index (χ0n) is 10.4. The van der Waals surface area contributed by atoms with E-state index < -0.39 is 0 Å². The van der Waals surface area contributed by atoms with Crippen molar-refractivity contribution >= 4 is 5.91 Å². The molecule has 1 aliphatic carbocycles. The molecule has 1 amide bonds. The van der Waals surface area contributed by atoms with Crippen LogP contribution in [0.4, 0.5) is 0 Å². The van der Waals surface area contributed by atoms with Crippen LogP contribution >= 0.6 is 0 Å². The van der Waals surface area contributed by atoms with Gasteiger partial charge in [-0.15, -0.1) is 0 Å². The van der Waals surface area contributed by atoms with Gasteiger partial charge in [-0.25, -0.2) is 0 Å². The van der Waals surface area contributed by atoms with E-state index in [1.54, 1.807) is 0 Å². The molecule has 0 spiro atoms. The molecule has 94 valence electrons. The van der Waals surface area contributed by atoms with Crippen LogP contribution in [0.3, 0.4) is 0 Å². The summed E-state index contributed by atoms with van der Waals surface area (Å²) in [7, 11) is 1.98. The topological polar surface area (TPSA) is 60.0 Å². The van der Waals surface area contributed by atoms with Crippen molar-refractivity contribution in [2.75, 3.05) is 6.54 Å². The summed E-state index contributed by atoms with van der Waals surface area (Å²) >= 11 is 0. The number of amides is 1. The maximum absolute atomic E-state index is 12.0. The number of nitrogens with two attached hydrogens (primary N) is 1. The molecule has 1 fully saturated rings. The zero-order valence-corrected chi connectivity index (χ0v) is 10.4. The maximum Gasteiger partial charge on any atom is 0.223 e. The van der Waals surface area contributed by atoms with Gasteiger partial charge in [0.15, 0.2) is 0 Å². The molecule has 1 aromatic rings. The van der Waals surface area contributed by atoms with Crippen molar-refractivity contribution in [3.8, 4) is 0 Å². The fourth-order valence-corrected chi connectivity index (χ4v) is 2.65.